The molecule has 1 aliphatic heterocycles. The average Bonchev–Trinajstić information content (AvgIpc) is 2.50. The fourth-order valence-corrected chi connectivity index (χ4v) is 2.42. The first-order valence-corrected chi connectivity index (χ1v) is 7.38. The monoisotopic (exact) mass is 279 g/mol. The van der Waals surface area contributed by atoms with Crippen molar-refractivity contribution in [3.63, 3.8) is 0 Å². The molecule has 112 valence electrons. The molecule has 1 unspecified atom stereocenters. The standard InChI is InChI=1S/C16H25NO3/c1-18-11-12-19-9-4-8-17-13-16-15-6-3-2-5-14(15)7-10-20-16/h2-3,5-6,16-17H,4,7-13H2,1H3. The maximum absolute atomic E-state index is 5.85. The van der Waals surface area contributed by atoms with Crippen molar-refractivity contribution in [1.82, 2.24) is 5.32 Å². The third kappa shape index (κ3) is 4.87. The Morgan fingerprint density at radius 3 is 3.05 bits per heavy atom. The molecule has 0 fully saturated rings. The van der Waals surface area contributed by atoms with Gasteiger partial charge in [0.25, 0.3) is 0 Å². The van der Waals surface area contributed by atoms with Crippen molar-refractivity contribution in [2.75, 3.05) is 46.6 Å². The summed E-state index contributed by atoms with van der Waals surface area (Å²) in [5.74, 6) is 0. The zero-order valence-corrected chi connectivity index (χ0v) is 12.3. The number of nitrogens with one attached hydrogen (secondary N) is 1. The van der Waals surface area contributed by atoms with Crippen molar-refractivity contribution in [3.8, 4) is 0 Å². The normalized spacial score (nSPS) is 17.9. The van der Waals surface area contributed by atoms with Crippen LogP contribution in [0.4, 0.5) is 0 Å². The summed E-state index contributed by atoms with van der Waals surface area (Å²) in [6, 6.07) is 8.57. The van der Waals surface area contributed by atoms with Gasteiger partial charge in [0, 0.05) is 20.3 Å². The summed E-state index contributed by atoms with van der Waals surface area (Å²) in [4.78, 5) is 0. The molecule has 1 heterocycles. The highest BCUT2D eigenvalue weighted by Crippen LogP contribution is 2.25. The van der Waals surface area contributed by atoms with Gasteiger partial charge in [-0.2, -0.15) is 0 Å². The zero-order chi connectivity index (χ0) is 14.0. The van der Waals surface area contributed by atoms with Crippen molar-refractivity contribution in [3.05, 3.63) is 35.4 Å². The molecule has 20 heavy (non-hydrogen) atoms. The van der Waals surface area contributed by atoms with E-state index in [0.717, 1.165) is 39.1 Å². The maximum Gasteiger partial charge on any atom is 0.0952 e. The van der Waals surface area contributed by atoms with Crippen molar-refractivity contribution in [2.45, 2.75) is 18.9 Å². The first-order valence-electron chi connectivity index (χ1n) is 7.38. The molecular formula is C16H25NO3. The van der Waals surface area contributed by atoms with Crippen LogP contribution in [-0.4, -0.2) is 46.6 Å². The van der Waals surface area contributed by atoms with Crippen LogP contribution in [0.5, 0.6) is 0 Å². The van der Waals surface area contributed by atoms with Gasteiger partial charge in [-0.15, -0.1) is 0 Å². The molecule has 0 aromatic heterocycles. The van der Waals surface area contributed by atoms with Gasteiger partial charge < -0.3 is 19.5 Å². The molecule has 0 bridgehead atoms. The predicted octanol–water partition coefficient (Wildman–Crippen LogP) is 1.94. The summed E-state index contributed by atoms with van der Waals surface area (Å²) in [5, 5.41) is 3.45. The van der Waals surface area contributed by atoms with Crippen LogP contribution in [-0.2, 0) is 20.6 Å². The number of rotatable bonds is 9. The van der Waals surface area contributed by atoms with E-state index >= 15 is 0 Å². The molecule has 4 heteroatoms. The van der Waals surface area contributed by atoms with Gasteiger partial charge in [0.1, 0.15) is 0 Å². The Morgan fingerprint density at radius 1 is 1.25 bits per heavy atom. The number of hydrogen-bond donors (Lipinski definition) is 1. The van der Waals surface area contributed by atoms with E-state index in [-0.39, 0.29) is 6.10 Å². The first-order chi connectivity index (χ1) is 9.92. The predicted molar refractivity (Wildman–Crippen MR) is 79.0 cm³/mol. The van der Waals surface area contributed by atoms with E-state index in [9.17, 15) is 0 Å². The summed E-state index contributed by atoms with van der Waals surface area (Å²) in [7, 11) is 1.69. The highest BCUT2D eigenvalue weighted by atomic mass is 16.5. The molecule has 0 saturated heterocycles. The highest BCUT2D eigenvalue weighted by molar-refractivity contribution is 5.31. The lowest BCUT2D eigenvalue weighted by Gasteiger charge is -2.26. The van der Waals surface area contributed by atoms with E-state index in [2.05, 4.69) is 29.6 Å². The van der Waals surface area contributed by atoms with Crippen molar-refractivity contribution in [1.29, 1.82) is 0 Å². The van der Waals surface area contributed by atoms with E-state index < -0.39 is 0 Å². The molecule has 1 aromatic rings. The number of methoxy groups -OCH3 is 1. The van der Waals surface area contributed by atoms with Crippen LogP contribution in [0.2, 0.25) is 0 Å². The van der Waals surface area contributed by atoms with E-state index in [1.807, 2.05) is 0 Å². The minimum absolute atomic E-state index is 0.189. The fraction of sp³-hybridized carbons (Fsp3) is 0.625. The Hall–Kier alpha value is -0.940. The van der Waals surface area contributed by atoms with E-state index in [4.69, 9.17) is 14.2 Å². The maximum atomic E-state index is 5.85. The molecule has 0 spiro atoms. The van der Waals surface area contributed by atoms with Crippen molar-refractivity contribution >= 4 is 0 Å². The molecule has 1 atom stereocenters. The van der Waals surface area contributed by atoms with E-state index in [0.29, 0.717) is 13.2 Å². The summed E-state index contributed by atoms with van der Waals surface area (Å²) in [5.41, 5.74) is 2.76. The number of fused-ring (bicyclic) bond motifs is 1. The van der Waals surface area contributed by atoms with Crippen LogP contribution in [0.15, 0.2) is 24.3 Å². The van der Waals surface area contributed by atoms with E-state index in [1.165, 1.54) is 11.1 Å². The molecule has 1 aromatic carbocycles. The molecule has 0 aliphatic carbocycles. The van der Waals surface area contributed by atoms with Crippen LogP contribution in [0.1, 0.15) is 23.7 Å². The lowest BCUT2D eigenvalue weighted by molar-refractivity contribution is 0.0413. The van der Waals surface area contributed by atoms with Gasteiger partial charge in [-0.3, -0.25) is 0 Å². The third-order valence-corrected chi connectivity index (χ3v) is 3.50. The van der Waals surface area contributed by atoms with Gasteiger partial charge in [0.15, 0.2) is 0 Å². The molecule has 2 rings (SSSR count). The lowest BCUT2D eigenvalue weighted by atomic mass is 9.97. The summed E-state index contributed by atoms with van der Waals surface area (Å²) >= 11 is 0. The van der Waals surface area contributed by atoms with Crippen LogP contribution in [0.25, 0.3) is 0 Å². The Balaban J connectivity index is 1.61. The lowest BCUT2D eigenvalue weighted by Crippen LogP contribution is -2.28. The zero-order valence-electron chi connectivity index (χ0n) is 12.3. The molecule has 1 N–H and O–H groups in total. The van der Waals surface area contributed by atoms with Gasteiger partial charge in [-0.1, -0.05) is 24.3 Å². The smallest absolute Gasteiger partial charge is 0.0952 e. The second-order valence-electron chi connectivity index (χ2n) is 4.97. The second kappa shape index (κ2) is 9.08. The minimum atomic E-state index is 0.189. The topological polar surface area (TPSA) is 39.7 Å². The summed E-state index contributed by atoms with van der Waals surface area (Å²) < 4.78 is 16.2. The van der Waals surface area contributed by atoms with Crippen LogP contribution in [0.3, 0.4) is 0 Å². The Labute approximate surface area is 121 Å². The van der Waals surface area contributed by atoms with E-state index in [1.54, 1.807) is 7.11 Å². The Morgan fingerprint density at radius 2 is 2.15 bits per heavy atom. The minimum Gasteiger partial charge on any atom is -0.382 e. The first kappa shape index (κ1) is 15.4. The summed E-state index contributed by atoms with van der Waals surface area (Å²) in [6.45, 7) is 4.77. The number of benzene rings is 1. The van der Waals surface area contributed by atoms with Gasteiger partial charge in [0.05, 0.1) is 25.9 Å². The Kier molecular flexibility index (Phi) is 7.01. The molecule has 4 nitrogen and oxygen atoms in total. The highest BCUT2D eigenvalue weighted by Gasteiger charge is 2.19. The molecule has 0 saturated carbocycles. The molecule has 0 amide bonds. The van der Waals surface area contributed by atoms with Crippen molar-refractivity contribution < 1.29 is 14.2 Å². The fourth-order valence-electron chi connectivity index (χ4n) is 2.42. The molecule has 0 radical (unpaired) electrons. The largest absolute Gasteiger partial charge is 0.382 e. The SMILES string of the molecule is COCCOCCCNCC1OCCc2ccccc21. The molecule has 1 aliphatic rings. The Bertz CT molecular complexity index is 384. The second-order valence-corrected chi connectivity index (χ2v) is 4.97. The van der Waals surface area contributed by atoms with Crippen LogP contribution < -0.4 is 5.32 Å². The number of ether oxygens (including phenoxy) is 3. The van der Waals surface area contributed by atoms with Gasteiger partial charge in [-0.05, 0) is 30.5 Å². The number of hydrogen-bond acceptors (Lipinski definition) is 4. The van der Waals surface area contributed by atoms with Crippen LogP contribution in [0, 0.1) is 0 Å². The van der Waals surface area contributed by atoms with Crippen LogP contribution >= 0.6 is 0 Å². The molecular weight excluding hydrogens is 254 g/mol. The third-order valence-electron chi connectivity index (χ3n) is 3.50. The quantitative estimate of drug-likeness (QED) is 0.701. The van der Waals surface area contributed by atoms with Gasteiger partial charge >= 0.3 is 0 Å². The van der Waals surface area contributed by atoms with Crippen molar-refractivity contribution in [2.24, 2.45) is 0 Å². The average molecular weight is 279 g/mol. The summed E-state index contributed by atoms with van der Waals surface area (Å²) in [6.07, 6.45) is 2.23. The van der Waals surface area contributed by atoms with Gasteiger partial charge in [-0.25, -0.2) is 0 Å². The van der Waals surface area contributed by atoms with Gasteiger partial charge in [0.2, 0.25) is 0 Å².